The lowest BCUT2D eigenvalue weighted by Gasteiger charge is -2.34. The fourth-order valence-corrected chi connectivity index (χ4v) is 3.69. The zero-order valence-electron chi connectivity index (χ0n) is 18.1. The minimum Gasteiger partial charge on any atom is -0.489 e. The summed E-state index contributed by atoms with van der Waals surface area (Å²) in [5.41, 5.74) is 3.38. The number of rotatable bonds is 8. The molecule has 0 aliphatic carbocycles. The summed E-state index contributed by atoms with van der Waals surface area (Å²) in [5, 5.41) is 0. The van der Waals surface area contributed by atoms with Crippen LogP contribution in [0.5, 0.6) is 5.75 Å². The molecule has 0 radical (unpaired) electrons. The van der Waals surface area contributed by atoms with Gasteiger partial charge in [-0.1, -0.05) is 63.2 Å². The Morgan fingerprint density at radius 2 is 1.59 bits per heavy atom. The van der Waals surface area contributed by atoms with Crippen LogP contribution >= 0.6 is 0 Å². The topological polar surface area (TPSA) is 32.8 Å². The van der Waals surface area contributed by atoms with E-state index < -0.39 is 0 Å². The van der Waals surface area contributed by atoms with Crippen LogP contribution in [0, 0.1) is 0 Å². The van der Waals surface area contributed by atoms with E-state index in [1.807, 2.05) is 12.1 Å². The molecule has 0 aromatic heterocycles. The Morgan fingerprint density at radius 3 is 2.21 bits per heavy atom. The minimum atomic E-state index is 0.0389. The second-order valence-electron chi connectivity index (χ2n) is 8.24. The number of hydrogen-bond acceptors (Lipinski definition) is 4. The minimum absolute atomic E-state index is 0.0389. The summed E-state index contributed by atoms with van der Waals surface area (Å²) in [6.07, 6.45) is 0.897. The summed E-state index contributed by atoms with van der Waals surface area (Å²) in [7, 11) is 0. The van der Waals surface area contributed by atoms with Gasteiger partial charge in [0.1, 0.15) is 0 Å². The van der Waals surface area contributed by atoms with Crippen molar-refractivity contribution < 1.29 is 4.74 Å². The van der Waals surface area contributed by atoms with Gasteiger partial charge in [-0.3, -0.25) is 14.6 Å². The molecule has 1 aliphatic rings. The summed E-state index contributed by atoms with van der Waals surface area (Å²) in [6.45, 7) is 12.6. The predicted molar refractivity (Wildman–Crippen MR) is 120 cm³/mol. The third-order valence-electron chi connectivity index (χ3n) is 5.53. The fourth-order valence-electron chi connectivity index (χ4n) is 3.69. The lowest BCUT2D eigenvalue weighted by Crippen LogP contribution is -2.45. The molecular weight excluding hydrogens is 360 g/mol. The van der Waals surface area contributed by atoms with Gasteiger partial charge in [0.05, 0.1) is 6.61 Å². The summed E-state index contributed by atoms with van der Waals surface area (Å²) in [5.74, 6) is 0.860. The van der Waals surface area contributed by atoms with E-state index in [-0.39, 0.29) is 5.43 Å². The van der Waals surface area contributed by atoms with E-state index in [2.05, 4.69) is 67.0 Å². The number of hydrogen-bond donors (Lipinski definition) is 0. The number of ether oxygens (including phenoxy) is 1. The van der Waals surface area contributed by atoms with Crippen molar-refractivity contribution in [3.8, 4) is 5.75 Å². The van der Waals surface area contributed by atoms with E-state index in [9.17, 15) is 4.79 Å². The van der Waals surface area contributed by atoms with Crippen LogP contribution in [0.3, 0.4) is 0 Å². The lowest BCUT2D eigenvalue weighted by molar-refractivity contribution is 0.121. The zero-order valence-corrected chi connectivity index (χ0v) is 18.1. The van der Waals surface area contributed by atoms with Gasteiger partial charge in [0.15, 0.2) is 5.75 Å². The van der Waals surface area contributed by atoms with Crippen LogP contribution in [0.2, 0.25) is 0 Å². The lowest BCUT2D eigenvalue weighted by atomic mass is 10.1. The van der Waals surface area contributed by atoms with Gasteiger partial charge < -0.3 is 4.74 Å². The first-order valence-electron chi connectivity index (χ1n) is 10.9. The monoisotopic (exact) mass is 394 g/mol. The third kappa shape index (κ3) is 6.15. The van der Waals surface area contributed by atoms with Crippen molar-refractivity contribution in [1.82, 2.24) is 9.80 Å². The molecule has 4 heteroatoms. The van der Waals surface area contributed by atoms with Crippen molar-refractivity contribution in [2.75, 3.05) is 32.8 Å². The largest absolute Gasteiger partial charge is 0.489 e. The number of piperazine rings is 1. The molecule has 29 heavy (non-hydrogen) atoms. The first-order chi connectivity index (χ1) is 14.1. The molecule has 1 aliphatic heterocycles. The number of benzene rings is 1. The van der Waals surface area contributed by atoms with E-state index in [4.69, 9.17) is 4.74 Å². The summed E-state index contributed by atoms with van der Waals surface area (Å²) in [4.78, 5) is 17.9. The van der Waals surface area contributed by atoms with E-state index in [0.29, 0.717) is 24.8 Å². The summed E-state index contributed by atoms with van der Waals surface area (Å²) in [6, 6.07) is 16.7. The maximum absolute atomic E-state index is 13.1. The highest BCUT2D eigenvalue weighted by molar-refractivity contribution is 5.33. The summed E-state index contributed by atoms with van der Waals surface area (Å²) >= 11 is 0. The normalized spacial score (nSPS) is 15.6. The Labute approximate surface area is 175 Å². The Kier molecular flexibility index (Phi) is 7.84. The van der Waals surface area contributed by atoms with Crippen LogP contribution in [0.1, 0.15) is 49.8 Å². The van der Waals surface area contributed by atoms with E-state index >= 15 is 0 Å². The van der Waals surface area contributed by atoms with Crippen LogP contribution in [-0.4, -0.2) is 42.6 Å². The third-order valence-corrected chi connectivity index (χ3v) is 5.53. The van der Waals surface area contributed by atoms with Gasteiger partial charge in [0.25, 0.3) is 0 Å². The van der Waals surface area contributed by atoms with Crippen molar-refractivity contribution in [1.29, 1.82) is 0 Å². The standard InChI is InChI=1S/C25H34N2O2/c1-4-16-29-24-17-22(20(2)3)10-11-23(25(24)28)19-27-14-12-26(13-15-27)18-21-8-6-5-7-9-21/h5-11,17,20H,4,12-16,18-19H2,1-3H3. The Balaban J connectivity index is 1.67. The van der Waals surface area contributed by atoms with Crippen molar-refractivity contribution in [3.05, 3.63) is 75.4 Å². The van der Waals surface area contributed by atoms with Gasteiger partial charge in [-0.05, 0) is 29.5 Å². The van der Waals surface area contributed by atoms with Gasteiger partial charge in [-0.25, -0.2) is 0 Å². The summed E-state index contributed by atoms with van der Waals surface area (Å²) < 4.78 is 5.81. The molecule has 4 nitrogen and oxygen atoms in total. The second-order valence-corrected chi connectivity index (χ2v) is 8.24. The Bertz CT molecular complexity index is 828. The zero-order chi connectivity index (χ0) is 20.6. The highest BCUT2D eigenvalue weighted by Crippen LogP contribution is 2.18. The van der Waals surface area contributed by atoms with Gasteiger partial charge in [0, 0.05) is 44.8 Å². The van der Waals surface area contributed by atoms with Crippen LogP contribution in [-0.2, 0) is 13.1 Å². The molecule has 0 spiro atoms. The molecule has 0 atom stereocenters. The fraction of sp³-hybridized carbons (Fsp3) is 0.480. The average Bonchev–Trinajstić information content (AvgIpc) is 2.88. The molecule has 1 heterocycles. The van der Waals surface area contributed by atoms with Crippen molar-refractivity contribution in [2.24, 2.45) is 0 Å². The maximum Gasteiger partial charge on any atom is 0.224 e. The molecule has 0 N–H and O–H groups in total. The Hall–Kier alpha value is -2.17. The highest BCUT2D eigenvalue weighted by atomic mass is 16.5. The van der Waals surface area contributed by atoms with E-state index in [1.165, 1.54) is 5.56 Å². The molecule has 3 rings (SSSR count). The molecule has 2 aromatic carbocycles. The Morgan fingerprint density at radius 1 is 0.931 bits per heavy atom. The molecule has 2 aromatic rings. The van der Waals surface area contributed by atoms with Crippen molar-refractivity contribution in [3.63, 3.8) is 0 Å². The average molecular weight is 395 g/mol. The molecule has 1 fully saturated rings. The van der Waals surface area contributed by atoms with Crippen LogP contribution in [0.4, 0.5) is 0 Å². The molecule has 0 saturated carbocycles. The smallest absolute Gasteiger partial charge is 0.224 e. The molecule has 156 valence electrons. The van der Waals surface area contributed by atoms with Crippen molar-refractivity contribution in [2.45, 2.75) is 46.2 Å². The molecule has 0 bridgehead atoms. The molecular formula is C25H34N2O2. The van der Waals surface area contributed by atoms with E-state index in [1.54, 1.807) is 0 Å². The van der Waals surface area contributed by atoms with Gasteiger partial charge in [0.2, 0.25) is 5.43 Å². The van der Waals surface area contributed by atoms with Gasteiger partial charge in [-0.2, -0.15) is 0 Å². The second kappa shape index (κ2) is 10.6. The molecule has 0 amide bonds. The highest BCUT2D eigenvalue weighted by Gasteiger charge is 2.19. The predicted octanol–water partition coefficient (Wildman–Crippen LogP) is 4.28. The van der Waals surface area contributed by atoms with E-state index in [0.717, 1.165) is 50.3 Å². The molecule has 1 saturated heterocycles. The number of nitrogens with zero attached hydrogens (tertiary/aromatic N) is 2. The van der Waals surface area contributed by atoms with Crippen LogP contribution in [0.25, 0.3) is 0 Å². The van der Waals surface area contributed by atoms with Gasteiger partial charge >= 0.3 is 0 Å². The SMILES string of the molecule is CCCOc1cc(C(C)C)ccc(CN2CCN(Cc3ccccc3)CC2)c1=O. The maximum atomic E-state index is 13.1. The molecule has 0 unspecified atom stereocenters. The first-order valence-corrected chi connectivity index (χ1v) is 10.9. The quantitative estimate of drug-likeness (QED) is 0.669. The van der Waals surface area contributed by atoms with Crippen LogP contribution in [0.15, 0.2) is 53.3 Å². The first kappa shape index (κ1) is 21.5. The van der Waals surface area contributed by atoms with Gasteiger partial charge in [-0.15, -0.1) is 0 Å². The van der Waals surface area contributed by atoms with Crippen LogP contribution < -0.4 is 10.2 Å². The van der Waals surface area contributed by atoms with Crippen molar-refractivity contribution >= 4 is 0 Å².